The Hall–Kier alpha value is -1.14. The number of hydrogen-bond donors (Lipinski definition) is 0. The summed E-state index contributed by atoms with van der Waals surface area (Å²) in [5, 5.41) is 0. The van der Waals surface area contributed by atoms with E-state index in [1.165, 1.54) is 0 Å². The molecule has 21 heavy (non-hydrogen) atoms. The van der Waals surface area contributed by atoms with E-state index in [0.29, 0.717) is 19.0 Å². The Kier molecular flexibility index (Phi) is 4.88. The summed E-state index contributed by atoms with van der Waals surface area (Å²) in [6, 6.07) is 3.03. The zero-order valence-electron chi connectivity index (χ0n) is 11.7. The molecule has 1 aromatic rings. The third-order valence-electron chi connectivity index (χ3n) is 3.41. The van der Waals surface area contributed by atoms with Crippen molar-refractivity contribution in [2.24, 2.45) is 5.92 Å². The van der Waals surface area contributed by atoms with Crippen LogP contribution in [-0.4, -0.2) is 32.3 Å². The highest BCUT2D eigenvalue weighted by atomic mass is 35.7. The number of amides is 1. The summed E-state index contributed by atoms with van der Waals surface area (Å²) in [7, 11) is 1.26. The Labute approximate surface area is 128 Å². The van der Waals surface area contributed by atoms with Crippen molar-refractivity contribution >= 4 is 25.6 Å². The number of rotatable bonds is 6. The molecule has 0 aromatic heterocycles. The van der Waals surface area contributed by atoms with Gasteiger partial charge in [0.15, 0.2) is 0 Å². The first-order valence-corrected chi connectivity index (χ1v) is 9.17. The molecule has 4 nitrogen and oxygen atoms in total. The van der Waals surface area contributed by atoms with Crippen LogP contribution in [0.15, 0.2) is 23.1 Å². The normalized spacial score (nSPS) is 15.0. The average Bonchev–Trinajstić information content (AvgIpc) is 3.20. The molecule has 0 unspecified atom stereocenters. The summed E-state index contributed by atoms with van der Waals surface area (Å²) < 4.78 is 36.5. The van der Waals surface area contributed by atoms with Gasteiger partial charge >= 0.3 is 0 Å². The van der Waals surface area contributed by atoms with Gasteiger partial charge in [-0.25, -0.2) is 12.8 Å². The topological polar surface area (TPSA) is 54.5 Å². The van der Waals surface area contributed by atoms with Crippen LogP contribution in [0.25, 0.3) is 0 Å². The minimum atomic E-state index is -3.99. The second-order valence-corrected chi connectivity index (χ2v) is 7.84. The van der Waals surface area contributed by atoms with Gasteiger partial charge in [0, 0.05) is 23.8 Å². The van der Waals surface area contributed by atoms with E-state index < -0.39 is 20.8 Å². The summed E-state index contributed by atoms with van der Waals surface area (Å²) in [4.78, 5) is 13.8. The number of nitrogens with zero attached hydrogens (tertiary/aromatic N) is 1. The van der Waals surface area contributed by atoms with Crippen molar-refractivity contribution < 1.29 is 17.6 Å². The maximum absolute atomic E-state index is 13.9. The molecule has 0 N–H and O–H groups in total. The van der Waals surface area contributed by atoms with Crippen LogP contribution in [0.1, 0.15) is 36.5 Å². The van der Waals surface area contributed by atoms with Crippen LogP contribution >= 0.6 is 10.7 Å². The Morgan fingerprint density at radius 2 is 2.10 bits per heavy atom. The summed E-state index contributed by atoms with van der Waals surface area (Å²) in [5.74, 6) is -0.743. The summed E-state index contributed by atoms with van der Waals surface area (Å²) >= 11 is 0. The standard InChI is InChI=1S/C14H17ClFNO3S/c1-2-7-17(9-10-3-4-10)14(18)12-8-11(21(15,19)20)5-6-13(12)16/h5-6,8,10H,2-4,7,9H2,1H3. The van der Waals surface area contributed by atoms with Crippen LogP contribution in [0.5, 0.6) is 0 Å². The van der Waals surface area contributed by atoms with Crippen molar-refractivity contribution in [1.29, 1.82) is 0 Å². The molecule has 116 valence electrons. The van der Waals surface area contributed by atoms with Gasteiger partial charge in [0.1, 0.15) is 5.82 Å². The molecular weight excluding hydrogens is 317 g/mol. The molecule has 0 spiro atoms. The van der Waals surface area contributed by atoms with Crippen LogP contribution in [0, 0.1) is 11.7 Å². The second-order valence-electron chi connectivity index (χ2n) is 5.27. The highest BCUT2D eigenvalue weighted by Gasteiger charge is 2.28. The van der Waals surface area contributed by atoms with Gasteiger partial charge in [-0.2, -0.15) is 0 Å². The van der Waals surface area contributed by atoms with Crippen LogP contribution in [0.4, 0.5) is 4.39 Å². The molecule has 7 heteroatoms. The predicted octanol–water partition coefficient (Wildman–Crippen LogP) is 3.02. The Bertz CT molecular complexity index is 644. The highest BCUT2D eigenvalue weighted by Crippen LogP contribution is 2.30. The predicted molar refractivity (Wildman–Crippen MR) is 78.4 cm³/mol. The molecule has 1 aliphatic carbocycles. The number of halogens is 2. The monoisotopic (exact) mass is 333 g/mol. The maximum Gasteiger partial charge on any atom is 0.261 e. The van der Waals surface area contributed by atoms with Gasteiger partial charge in [-0.3, -0.25) is 4.79 Å². The maximum atomic E-state index is 13.9. The minimum absolute atomic E-state index is 0.245. The Morgan fingerprint density at radius 1 is 1.43 bits per heavy atom. The smallest absolute Gasteiger partial charge is 0.261 e. The van der Waals surface area contributed by atoms with Crippen LogP contribution in [-0.2, 0) is 9.05 Å². The fourth-order valence-electron chi connectivity index (χ4n) is 2.15. The van der Waals surface area contributed by atoms with Crippen LogP contribution in [0.2, 0.25) is 0 Å². The zero-order valence-corrected chi connectivity index (χ0v) is 13.3. The largest absolute Gasteiger partial charge is 0.338 e. The number of hydrogen-bond acceptors (Lipinski definition) is 3. The minimum Gasteiger partial charge on any atom is -0.338 e. The average molecular weight is 334 g/mol. The number of carbonyl (C=O) groups is 1. The quantitative estimate of drug-likeness (QED) is 0.752. The van der Waals surface area contributed by atoms with Gasteiger partial charge in [0.25, 0.3) is 15.0 Å². The van der Waals surface area contributed by atoms with Crippen LogP contribution in [0.3, 0.4) is 0 Å². The van der Waals surface area contributed by atoms with Crippen molar-refractivity contribution in [3.8, 4) is 0 Å². The third-order valence-corrected chi connectivity index (χ3v) is 4.76. The van der Waals surface area contributed by atoms with Gasteiger partial charge in [-0.15, -0.1) is 0 Å². The van der Waals surface area contributed by atoms with E-state index >= 15 is 0 Å². The molecule has 0 aliphatic heterocycles. The summed E-state index contributed by atoms with van der Waals surface area (Å²) in [6.07, 6.45) is 2.91. The Balaban J connectivity index is 2.31. The van der Waals surface area contributed by atoms with E-state index in [2.05, 4.69) is 0 Å². The molecule has 1 amide bonds. The second kappa shape index (κ2) is 6.32. The fourth-order valence-corrected chi connectivity index (χ4v) is 2.93. The lowest BCUT2D eigenvalue weighted by Gasteiger charge is -2.22. The molecule has 1 fully saturated rings. The first kappa shape index (κ1) is 16.2. The molecule has 1 aliphatic rings. The molecule has 0 bridgehead atoms. The lowest BCUT2D eigenvalue weighted by Crippen LogP contribution is -2.34. The number of carbonyl (C=O) groups excluding carboxylic acids is 1. The van der Waals surface area contributed by atoms with E-state index in [0.717, 1.165) is 37.5 Å². The Morgan fingerprint density at radius 3 is 2.62 bits per heavy atom. The van der Waals surface area contributed by atoms with Crippen molar-refractivity contribution in [3.63, 3.8) is 0 Å². The van der Waals surface area contributed by atoms with E-state index in [9.17, 15) is 17.6 Å². The summed E-state index contributed by atoms with van der Waals surface area (Å²) in [5.41, 5.74) is -0.245. The molecular formula is C14H17ClFNO3S. The SMILES string of the molecule is CCCN(CC1CC1)C(=O)c1cc(S(=O)(=O)Cl)ccc1F. The lowest BCUT2D eigenvalue weighted by atomic mass is 10.1. The van der Waals surface area contributed by atoms with Gasteiger partial charge in [0.2, 0.25) is 0 Å². The van der Waals surface area contributed by atoms with Crippen molar-refractivity contribution in [2.45, 2.75) is 31.1 Å². The van der Waals surface area contributed by atoms with Gasteiger partial charge in [0.05, 0.1) is 10.5 Å². The van der Waals surface area contributed by atoms with E-state index in [1.54, 1.807) is 4.90 Å². The number of benzene rings is 1. The molecule has 0 heterocycles. The van der Waals surface area contributed by atoms with Gasteiger partial charge in [-0.1, -0.05) is 6.92 Å². The van der Waals surface area contributed by atoms with Gasteiger partial charge in [-0.05, 0) is 43.4 Å². The van der Waals surface area contributed by atoms with Gasteiger partial charge < -0.3 is 4.90 Å². The molecule has 0 atom stereocenters. The van der Waals surface area contributed by atoms with E-state index in [4.69, 9.17) is 10.7 Å². The van der Waals surface area contributed by atoms with Crippen molar-refractivity contribution in [2.75, 3.05) is 13.1 Å². The zero-order chi connectivity index (χ0) is 15.6. The fraction of sp³-hybridized carbons (Fsp3) is 0.500. The first-order chi connectivity index (χ1) is 9.82. The van der Waals surface area contributed by atoms with Crippen molar-refractivity contribution in [1.82, 2.24) is 4.90 Å². The summed E-state index contributed by atoms with van der Waals surface area (Å²) in [6.45, 7) is 3.04. The third kappa shape index (κ3) is 4.17. The highest BCUT2D eigenvalue weighted by molar-refractivity contribution is 8.13. The molecule has 2 rings (SSSR count). The molecule has 0 radical (unpaired) electrons. The lowest BCUT2D eigenvalue weighted by molar-refractivity contribution is 0.0742. The van der Waals surface area contributed by atoms with Crippen molar-refractivity contribution in [3.05, 3.63) is 29.6 Å². The molecule has 0 saturated heterocycles. The van der Waals surface area contributed by atoms with E-state index in [1.807, 2.05) is 6.92 Å². The van der Waals surface area contributed by atoms with E-state index in [-0.39, 0.29) is 10.5 Å². The van der Waals surface area contributed by atoms with Crippen LogP contribution < -0.4 is 0 Å². The first-order valence-electron chi connectivity index (χ1n) is 6.86. The molecule has 1 aromatic carbocycles. The molecule has 1 saturated carbocycles.